The van der Waals surface area contributed by atoms with Gasteiger partial charge < -0.3 is 4.90 Å². The standard InChI is InChI=1S/C52H51N/c1-50(2)24-25-51(3,4)49-46(50)14-9-15-48(49)53(41-20-18-36(19-21-41)38-17-16-35-10-5-6-11-37(35)31-38)42-22-23-44-43-12-7-8-13-45(43)52(47(44)32-42)39-27-33-26-34(29-39)30-40(52)28-33/h5-23,31-34,39-40H,24-30H2,1-4H3. The topological polar surface area (TPSA) is 3.24 Å². The number of benzene rings is 6. The fourth-order valence-electron chi connectivity index (χ4n) is 12.8. The van der Waals surface area contributed by atoms with Gasteiger partial charge in [0.25, 0.3) is 0 Å². The zero-order chi connectivity index (χ0) is 35.7. The van der Waals surface area contributed by atoms with Gasteiger partial charge in [0.1, 0.15) is 0 Å². The predicted octanol–water partition coefficient (Wildman–Crippen LogP) is 14.0. The zero-order valence-corrected chi connectivity index (χ0v) is 31.8. The van der Waals surface area contributed by atoms with E-state index < -0.39 is 0 Å². The number of nitrogens with zero attached hydrogens (tertiary/aromatic N) is 1. The summed E-state index contributed by atoms with van der Waals surface area (Å²) in [6, 6.07) is 49.3. The third kappa shape index (κ3) is 4.55. The molecule has 53 heavy (non-hydrogen) atoms. The molecule has 1 heteroatoms. The highest BCUT2D eigenvalue weighted by atomic mass is 15.1. The van der Waals surface area contributed by atoms with E-state index >= 15 is 0 Å². The van der Waals surface area contributed by atoms with Crippen molar-refractivity contribution in [2.24, 2.45) is 23.7 Å². The quantitative estimate of drug-likeness (QED) is 0.178. The van der Waals surface area contributed by atoms with Gasteiger partial charge in [-0.15, -0.1) is 0 Å². The van der Waals surface area contributed by atoms with E-state index in [0.717, 1.165) is 23.7 Å². The Bertz CT molecular complexity index is 2400. The van der Waals surface area contributed by atoms with Gasteiger partial charge in [-0.25, -0.2) is 0 Å². The zero-order valence-electron chi connectivity index (χ0n) is 31.8. The Labute approximate surface area is 316 Å². The molecule has 0 aliphatic heterocycles. The van der Waals surface area contributed by atoms with Crippen molar-refractivity contribution < 1.29 is 0 Å². The molecule has 6 aromatic rings. The van der Waals surface area contributed by atoms with Crippen LogP contribution in [-0.4, -0.2) is 0 Å². The van der Waals surface area contributed by atoms with Crippen LogP contribution in [0, 0.1) is 23.7 Å². The van der Waals surface area contributed by atoms with Crippen LogP contribution in [0.1, 0.15) is 94.9 Å². The van der Waals surface area contributed by atoms with Crippen LogP contribution in [-0.2, 0) is 16.2 Å². The Balaban J connectivity index is 1.11. The lowest BCUT2D eigenvalue weighted by Crippen LogP contribution is -2.55. The largest absolute Gasteiger partial charge is 0.310 e. The molecule has 12 rings (SSSR count). The summed E-state index contributed by atoms with van der Waals surface area (Å²) in [4.78, 5) is 2.64. The minimum Gasteiger partial charge on any atom is -0.310 e. The van der Waals surface area contributed by atoms with Crippen molar-refractivity contribution >= 4 is 27.8 Å². The van der Waals surface area contributed by atoms with E-state index in [0.29, 0.717) is 0 Å². The Kier molecular flexibility index (Phi) is 6.74. The number of anilines is 3. The second-order valence-electron chi connectivity index (χ2n) is 18.9. The third-order valence-electron chi connectivity index (χ3n) is 15.1. The first-order valence-corrected chi connectivity index (χ1v) is 20.5. The molecule has 0 aromatic heterocycles. The normalized spacial score (nSPS) is 26.7. The van der Waals surface area contributed by atoms with Crippen LogP contribution in [0.3, 0.4) is 0 Å². The molecule has 0 unspecified atom stereocenters. The van der Waals surface area contributed by atoms with Gasteiger partial charge >= 0.3 is 0 Å². The maximum Gasteiger partial charge on any atom is 0.0502 e. The number of hydrogen-bond donors (Lipinski definition) is 0. The molecule has 6 aliphatic carbocycles. The van der Waals surface area contributed by atoms with Crippen LogP contribution < -0.4 is 4.90 Å². The van der Waals surface area contributed by atoms with Crippen LogP contribution in [0.2, 0.25) is 0 Å². The Hall–Kier alpha value is -4.62. The average molecular weight is 690 g/mol. The number of rotatable bonds is 4. The fraction of sp³-hybridized carbons (Fsp3) is 0.346. The van der Waals surface area contributed by atoms with Gasteiger partial charge in [0.2, 0.25) is 0 Å². The first-order chi connectivity index (χ1) is 25.7. The lowest BCUT2D eigenvalue weighted by molar-refractivity contribution is -0.0399. The Morgan fingerprint density at radius 1 is 0.472 bits per heavy atom. The second kappa shape index (κ2) is 11.2. The summed E-state index contributed by atoms with van der Waals surface area (Å²) in [6.07, 6.45) is 9.49. The molecule has 4 bridgehead atoms. The van der Waals surface area contributed by atoms with Gasteiger partial charge in [-0.3, -0.25) is 0 Å². The van der Waals surface area contributed by atoms with E-state index in [4.69, 9.17) is 0 Å². The number of hydrogen-bond acceptors (Lipinski definition) is 1. The third-order valence-corrected chi connectivity index (χ3v) is 15.1. The van der Waals surface area contributed by atoms with Crippen LogP contribution in [0.25, 0.3) is 33.0 Å². The summed E-state index contributed by atoms with van der Waals surface area (Å²) < 4.78 is 0. The van der Waals surface area contributed by atoms with Crippen LogP contribution in [0.15, 0.2) is 127 Å². The van der Waals surface area contributed by atoms with Gasteiger partial charge in [0.15, 0.2) is 0 Å². The highest BCUT2D eigenvalue weighted by Crippen LogP contribution is 2.69. The minimum atomic E-state index is 0.0698. The lowest BCUT2D eigenvalue weighted by atomic mass is 9.43. The van der Waals surface area contributed by atoms with Crippen molar-refractivity contribution in [2.75, 3.05) is 4.90 Å². The van der Waals surface area contributed by atoms with Crippen molar-refractivity contribution in [3.63, 3.8) is 0 Å². The molecule has 1 nitrogen and oxygen atoms in total. The molecular weight excluding hydrogens is 639 g/mol. The summed E-state index contributed by atoms with van der Waals surface area (Å²) in [5.41, 5.74) is 16.0. The van der Waals surface area contributed by atoms with E-state index in [1.165, 1.54) is 106 Å². The van der Waals surface area contributed by atoms with Gasteiger partial charge in [-0.05, 0) is 171 Å². The molecule has 0 N–H and O–H groups in total. The summed E-state index contributed by atoms with van der Waals surface area (Å²) in [6.45, 7) is 9.87. The average Bonchev–Trinajstić information content (AvgIpc) is 3.46. The molecule has 6 aliphatic rings. The maximum absolute atomic E-state index is 2.68. The van der Waals surface area contributed by atoms with Gasteiger partial charge in [0, 0.05) is 16.8 Å². The molecule has 0 radical (unpaired) electrons. The van der Waals surface area contributed by atoms with Gasteiger partial charge in [-0.2, -0.15) is 0 Å². The van der Waals surface area contributed by atoms with E-state index in [1.807, 2.05) is 0 Å². The van der Waals surface area contributed by atoms with Crippen molar-refractivity contribution in [1.82, 2.24) is 0 Å². The van der Waals surface area contributed by atoms with Crippen molar-refractivity contribution in [1.29, 1.82) is 0 Å². The smallest absolute Gasteiger partial charge is 0.0502 e. The summed E-state index contributed by atoms with van der Waals surface area (Å²) >= 11 is 0. The Morgan fingerprint density at radius 2 is 1.09 bits per heavy atom. The summed E-state index contributed by atoms with van der Waals surface area (Å²) in [5.74, 6) is 3.36. The van der Waals surface area contributed by atoms with Crippen molar-refractivity contribution in [3.8, 4) is 22.3 Å². The molecule has 264 valence electrons. The number of fused-ring (bicyclic) bond motifs is 5. The lowest BCUT2D eigenvalue weighted by Gasteiger charge is -2.61. The SMILES string of the molecule is CC1(C)CCC(C)(C)c2c(N(c3ccc(-c4ccc5ccccc5c4)cc3)c3ccc4c(c3)C3(c5ccccc5-4)C4CC5CC(C4)CC3C5)cccc21. The molecule has 4 saturated carbocycles. The first-order valence-electron chi connectivity index (χ1n) is 20.5. The summed E-state index contributed by atoms with van der Waals surface area (Å²) in [7, 11) is 0. The van der Waals surface area contributed by atoms with Crippen molar-refractivity contribution in [2.45, 2.75) is 88.9 Å². The molecule has 0 atom stereocenters. The first kappa shape index (κ1) is 31.9. The van der Waals surface area contributed by atoms with Gasteiger partial charge in [0.05, 0.1) is 5.69 Å². The monoisotopic (exact) mass is 689 g/mol. The molecule has 6 aromatic carbocycles. The highest BCUT2D eigenvalue weighted by Gasteiger charge is 2.61. The molecule has 1 spiro atoms. The highest BCUT2D eigenvalue weighted by molar-refractivity contribution is 5.90. The molecule has 0 saturated heterocycles. The van der Waals surface area contributed by atoms with Gasteiger partial charge in [-0.1, -0.05) is 119 Å². The molecule has 0 heterocycles. The molecular formula is C52H51N. The fourth-order valence-corrected chi connectivity index (χ4v) is 12.8. The molecule has 4 fully saturated rings. The Morgan fingerprint density at radius 3 is 1.87 bits per heavy atom. The van der Waals surface area contributed by atoms with Crippen molar-refractivity contribution in [3.05, 3.63) is 150 Å². The van der Waals surface area contributed by atoms with E-state index in [1.54, 1.807) is 11.1 Å². The van der Waals surface area contributed by atoms with E-state index in [-0.39, 0.29) is 16.2 Å². The predicted molar refractivity (Wildman–Crippen MR) is 223 cm³/mol. The van der Waals surface area contributed by atoms with Crippen LogP contribution in [0.5, 0.6) is 0 Å². The van der Waals surface area contributed by atoms with E-state index in [9.17, 15) is 0 Å². The second-order valence-corrected chi connectivity index (χ2v) is 18.9. The van der Waals surface area contributed by atoms with Crippen LogP contribution >= 0.6 is 0 Å². The summed E-state index contributed by atoms with van der Waals surface area (Å²) in [5, 5.41) is 2.57. The maximum atomic E-state index is 2.68. The molecule has 0 amide bonds. The van der Waals surface area contributed by atoms with Crippen LogP contribution in [0.4, 0.5) is 17.1 Å². The van der Waals surface area contributed by atoms with E-state index in [2.05, 4.69) is 160 Å². The minimum absolute atomic E-state index is 0.0698.